The van der Waals surface area contributed by atoms with E-state index in [-0.39, 0.29) is 24.1 Å². The number of ketones is 1. The number of fused-ring (bicyclic) bond motifs is 1. The van der Waals surface area contributed by atoms with Crippen LogP contribution in [0.3, 0.4) is 0 Å². The van der Waals surface area contributed by atoms with Crippen LogP contribution in [-0.4, -0.2) is 18.3 Å². The first-order valence-corrected chi connectivity index (χ1v) is 10.1. The van der Waals surface area contributed by atoms with E-state index in [0.29, 0.717) is 28.0 Å². The largest absolute Gasteiger partial charge is 0.484 e. The standard InChI is InChI=1S/C24H18BrNO4/c1-15-5-4-6-18(13-15)29-14-21(27)26-22-19-7-2-3-8-20(19)30-24(22)23(28)16-9-11-17(25)12-10-16/h2-13H,14H2,1H3,(H,26,27). The molecule has 3 aromatic carbocycles. The lowest BCUT2D eigenvalue weighted by atomic mass is 10.1. The van der Waals surface area contributed by atoms with Crippen molar-refractivity contribution >= 4 is 44.3 Å². The monoisotopic (exact) mass is 463 g/mol. The number of benzene rings is 3. The van der Waals surface area contributed by atoms with E-state index in [9.17, 15) is 9.59 Å². The number of carbonyl (C=O) groups is 2. The summed E-state index contributed by atoms with van der Waals surface area (Å²) in [6.07, 6.45) is 0. The van der Waals surface area contributed by atoms with Gasteiger partial charge in [-0.2, -0.15) is 0 Å². The number of nitrogens with one attached hydrogen (secondary N) is 1. The van der Waals surface area contributed by atoms with Gasteiger partial charge in [0, 0.05) is 15.4 Å². The lowest BCUT2D eigenvalue weighted by Crippen LogP contribution is -2.21. The first kappa shape index (κ1) is 19.9. The molecule has 0 aliphatic heterocycles. The van der Waals surface area contributed by atoms with Gasteiger partial charge >= 0.3 is 0 Å². The summed E-state index contributed by atoms with van der Waals surface area (Å²) in [4.78, 5) is 25.6. The number of aryl methyl sites for hydroxylation is 1. The zero-order chi connectivity index (χ0) is 21.1. The van der Waals surface area contributed by atoms with Crippen molar-refractivity contribution in [3.05, 3.63) is 94.2 Å². The quantitative estimate of drug-likeness (QED) is 0.369. The number of hydrogen-bond acceptors (Lipinski definition) is 4. The van der Waals surface area contributed by atoms with Crippen LogP contribution >= 0.6 is 15.9 Å². The van der Waals surface area contributed by atoms with Crippen molar-refractivity contribution in [1.82, 2.24) is 0 Å². The minimum absolute atomic E-state index is 0.0856. The molecule has 30 heavy (non-hydrogen) atoms. The van der Waals surface area contributed by atoms with Gasteiger partial charge in [-0.15, -0.1) is 0 Å². The average Bonchev–Trinajstić information content (AvgIpc) is 3.11. The molecule has 0 fully saturated rings. The van der Waals surface area contributed by atoms with Gasteiger partial charge in [0.05, 0.1) is 5.69 Å². The molecule has 5 nitrogen and oxygen atoms in total. The number of halogens is 1. The summed E-state index contributed by atoms with van der Waals surface area (Å²) in [5.41, 5.74) is 2.36. The average molecular weight is 464 g/mol. The Hall–Kier alpha value is -3.38. The Labute approximate surface area is 181 Å². The lowest BCUT2D eigenvalue weighted by Gasteiger charge is -2.08. The number of anilines is 1. The molecular weight excluding hydrogens is 446 g/mol. The lowest BCUT2D eigenvalue weighted by molar-refractivity contribution is -0.118. The van der Waals surface area contributed by atoms with Gasteiger partial charge in [0.1, 0.15) is 11.3 Å². The van der Waals surface area contributed by atoms with Gasteiger partial charge in [-0.1, -0.05) is 40.2 Å². The fourth-order valence-corrected chi connectivity index (χ4v) is 3.36. The van der Waals surface area contributed by atoms with E-state index in [2.05, 4.69) is 21.2 Å². The molecule has 1 heterocycles. The number of rotatable bonds is 6. The number of carbonyl (C=O) groups excluding carboxylic acids is 2. The Morgan fingerprint density at radius 3 is 2.53 bits per heavy atom. The van der Waals surface area contributed by atoms with E-state index >= 15 is 0 Å². The van der Waals surface area contributed by atoms with E-state index in [1.807, 2.05) is 37.3 Å². The van der Waals surface area contributed by atoms with Gasteiger partial charge in [-0.3, -0.25) is 9.59 Å². The van der Waals surface area contributed by atoms with Gasteiger partial charge in [-0.05, 0) is 61.0 Å². The fourth-order valence-electron chi connectivity index (χ4n) is 3.09. The minimum atomic E-state index is -0.382. The maximum absolute atomic E-state index is 13.1. The summed E-state index contributed by atoms with van der Waals surface area (Å²) >= 11 is 3.36. The molecule has 0 atom stereocenters. The Balaban J connectivity index is 1.60. The highest BCUT2D eigenvalue weighted by atomic mass is 79.9. The molecule has 0 saturated carbocycles. The Morgan fingerprint density at radius 2 is 1.77 bits per heavy atom. The second-order valence-electron chi connectivity index (χ2n) is 6.79. The SMILES string of the molecule is Cc1cccc(OCC(=O)Nc2c(C(=O)c3ccc(Br)cc3)oc3ccccc23)c1. The smallest absolute Gasteiger partial charge is 0.262 e. The predicted molar refractivity (Wildman–Crippen MR) is 119 cm³/mol. The topological polar surface area (TPSA) is 68.5 Å². The van der Waals surface area contributed by atoms with Crippen LogP contribution in [0.15, 0.2) is 81.7 Å². The minimum Gasteiger partial charge on any atom is -0.484 e. The molecule has 0 aliphatic carbocycles. The normalized spacial score (nSPS) is 10.7. The van der Waals surface area contributed by atoms with E-state index in [1.165, 1.54) is 0 Å². The molecule has 1 aromatic heterocycles. The molecule has 1 amide bonds. The van der Waals surface area contributed by atoms with Crippen molar-refractivity contribution < 1.29 is 18.7 Å². The van der Waals surface area contributed by atoms with Crippen molar-refractivity contribution in [2.24, 2.45) is 0 Å². The molecule has 0 unspecified atom stereocenters. The molecule has 4 aromatic rings. The molecule has 4 rings (SSSR count). The summed E-state index contributed by atoms with van der Waals surface area (Å²) in [6, 6.07) is 21.6. The summed E-state index contributed by atoms with van der Waals surface area (Å²) in [6.45, 7) is 1.76. The van der Waals surface area contributed by atoms with Crippen LogP contribution in [0.1, 0.15) is 21.7 Å². The van der Waals surface area contributed by atoms with E-state index in [0.717, 1.165) is 10.0 Å². The van der Waals surface area contributed by atoms with Gasteiger partial charge in [0.25, 0.3) is 5.91 Å². The van der Waals surface area contributed by atoms with Crippen molar-refractivity contribution in [3.8, 4) is 5.75 Å². The first-order valence-electron chi connectivity index (χ1n) is 9.32. The van der Waals surface area contributed by atoms with E-state index in [1.54, 1.807) is 42.5 Å². The molecule has 0 radical (unpaired) electrons. The molecule has 150 valence electrons. The summed E-state index contributed by atoms with van der Waals surface area (Å²) in [7, 11) is 0. The third-order valence-corrected chi connectivity index (χ3v) is 5.06. The van der Waals surface area contributed by atoms with Gasteiger partial charge in [0.15, 0.2) is 12.4 Å². The van der Waals surface area contributed by atoms with E-state index in [4.69, 9.17) is 9.15 Å². The second-order valence-corrected chi connectivity index (χ2v) is 7.71. The Bertz CT molecular complexity index is 1230. The third kappa shape index (κ3) is 4.28. The van der Waals surface area contributed by atoms with Crippen LogP contribution in [0, 0.1) is 6.92 Å². The van der Waals surface area contributed by atoms with Crippen molar-refractivity contribution in [2.75, 3.05) is 11.9 Å². The van der Waals surface area contributed by atoms with Crippen molar-refractivity contribution in [3.63, 3.8) is 0 Å². The zero-order valence-electron chi connectivity index (χ0n) is 16.1. The van der Waals surface area contributed by atoms with Gasteiger partial charge in [0.2, 0.25) is 5.78 Å². The number of amides is 1. The maximum Gasteiger partial charge on any atom is 0.262 e. The van der Waals surface area contributed by atoms with E-state index < -0.39 is 0 Å². The van der Waals surface area contributed by atoms with Crippen LogP contribution in [0.5, 0.6) is 5.75 Å². The zero-order valence-corrected chi connectivity index (χ0v) is 17.7. The molecule has 0 saturated heterocycles. The van der Waals surface area contributed by atoms with Crippen LogP contribution in [0.2, 0.25) is 0 Å². The highest BCUT2D eigenvalue weighted by Gasteiger charge is 2.23. The van der Waals surface area contributed by atoms with Gasteiger partial charge < -0.3 is 14.5 Å². The fraction of sp³-hybridized carbons (Fsp3) is 0.0833. The molecular formula is C24H18BrNO4. The van der Waals surface area contributed by atoms with Crippen LogP contribution in [-0.2, 0) is 4.79 Å². The van der Waals surface area contributed by atoms with Crippen molar-refractivity contribution in [1.29, 1.82) is 0 Å². The first-order chi connectivity index (χ1) is 14.5. The highest BCUT2D eigenvalue weighted by Crippen LogP contribution is 2.32. The molecule has 0 bridgehead atoms. The summed E-state index contributed by atoms with van der Waals surface area (Å²) < 4.78 is 12.2. The Kier molecular flexibility index (Phi) is 5.68. The number of hydrogen-bond donors (Lipinski definition) is 1. The molecule has 0 spiro atoms. The van der Waals surface area contributed by atoms with Crippen LogP contribution < -0.4 is 10.1 Å². The Morgan fingerprint density at radius 1 is 1.00 bits per heavy atom. The third-order valence-electron chi connectivity index (χ3n) is 4.53. The van der Waals surface area contributed by atoms with Crippen LogP contribution in [0.4, 0.5) is 5.69 Å². The van der Waals surface area contributed by atoms with Crippen molar-refractivity contribution in [2.45, 2.75) is 6.92 Å². The molecule has 6 heteroatoms. The molecule has 1 N–H and O–H groups in total. The number of para-hydroxylation sites is 1. The number of furan rings is 1. The highest BCUT2D eigenvalue weighted by molar-refractivity contribution is 9.10. The number of ether oxygens (including phenoxy) is 1. The summed E-state index contributed by atoms with van der Waals surface area (Å²) in [5, 5.41) is 3.45. The second kappa shape index (κ2) is 8.55. The van der Waals surface area contributed by atoms with Gasteiger partial charge in [-0.25, -0.2) is 0 Å². The predicted octanol–water partition coefficient (Wildman–Crippen LogP) is 5.75. The summed E-state index contributed by atoms with van der Waals surface area (Å²) in [5.74, 6) is -0.00249. The van der Waals surface area contributed by atoms with Crippen LogP contribution in [0.25, 0.3) is 11.0 Å². The maximum atomic E-state index is 13.1. The molecule has 0 aliphatic rings.